The Labute approximate surface area is 160 Å². The van der Waals surface area contributed by atoms with Gasteiger partial charge in [-0.2, -0.15) is 0 Å². The minimum absolute atomic E-state index is 0.104. The number of hydrogen-bond acceptors (Lipinski definition) is 3. The molecule has 1 aliphatic heterocycles. The number of rotatable bonds is 5. The second-order valence-electron chi connectivity index (χ2n) is 7.52. The van der Waals surface area contributed by atoms with Crippen LogP contribution in [0.2, 0.25) is 0 Å². The van der Waals surface area contributed by atoms with Crippen LogP contribution in [0.25, 0.3) is 0 Å². The van der Waals surface area contributed by atoms with Gasteiger partial charge in [0.05, 0.1) is 5.56 Å². The van der Waals surface area contributed by atoms with Gasteiger partial charge < -0.3 is 14.2 Å². The van der Waals surface area contributed by atoms with Gasteiger partial charge in [-0.25, -0.2) is 4.79 Å². The number of esters is 1. The van der Waals surface area contributed by atoms with Gasteiger partial charge in [-0.1, -0.05) is 37.3 Å². The standard InChI is InChI=1S/C22H28N2O3/c1-16-8-7-11-23(13-16)21(25)15-27-22(26)20-12-17(2)24(18(20)3)14-19-9-5-4-6-10-19/h4-6,9-10,12,16H,7-8,11,13-15H2,1-3H3/t16-/m0/s1. The van der Waals surface area contributed by atoms with Crippen molar-refractivity contribution in [2.45, 2.75) is 40.2 Å². The van der Waals surface area contributed by atoms with Gasteiger partial charge in [0.2, 0.25) is 0 Å². The lowest BCUT2D eigenvalue weighted by molar-refractivity contribution is -0.136. The second kappa shape index (κ2) is 8.42. The molecule has 5 heteroatoms. The summed E-state index contributed by atoms with van der Waals surface area (Å²) >= 11 is 0. The molecule has 0 bridgehead atoms. The molecule has 0 spiro atoms. The first-order valence-electron chi connectivity index (χ1n) is 9.61. The maximum absolute atomic E-state index is 12.5. The Balaban J connectivity index is 1.63. The molecule has 0 unspecified atom stereocenters. The minimum atomic E-state index is -0.430. The van der Waals surface area contributed by atoms with E-state index >= 15 is 0 Å². The van der Waals surface area contributed by atoms with Crippen LogP contribution in [-0.4, -0.2) is 41.0 Å². The van der Waals surface area contributed by atoms with Crippen LogP contribution in [0.3, 0.4) is 0 Å². The van der Waals surface area contributed by atoms with E-state index < -0.39 is 5.97 Å². The van der Waals surface area contributed by atoms with Crippen molar-refractivity contribution in [2.75, 3.05) is 19.7 Å². The molecule has 1 amide bonds. The molecule has 0 radical (unpaired) electrons. The van der Waals surface area contributed by atoms with Gasteiger partial charge >= 0.3 is 5.97 Å². The van der Waals surface area contributed by atoms with Gasteiger partial charge in [-0.3, -0.25) is 4.79 Å². The first-order valence-corrected chi connectivity index (χ1v) is 9.61. The molecule has 27 heavy (non-hydrogen) atoms. The first kappa shape index (κ1) is 19.2. The fraction of sp³-hybridized carbons (Fsp3) is 0.455. The smallest absolute Gasteiger partial charge is 0.340 e. The molecule has 1 aliphatic rings. The maximum atomic E-state index is 12.5. The lowest BCUT2D eigenvalue weighted by atomic mass is 10.0. The Morgan fingerprint density at radius 3 is 2.63 bits per heavy atom. The maximum Gasteiger partial charge on any atom is 0.340 e. The second-order valence-corrected chi connectivity index (χ2v) is 7.52. The molecule has 0 aliphatic carbocycles. The summed E-state index contributed by atoms with van der Waals surface area (Å²) in [6.45, 7) is 8.07. The van der Waals surface area contributed by atoms with E-state index in [1.54, 1.807) is 4.90 Å². The van der Waals surface area contributed by atoms with Crippen LogP contribution in [-0.2, 0) is 16.1 Å². The van der Waals surface area contributed by atoms with E-state index in [-0.39, 0.29) is 12.5 Å². The van der Waals surface area contributed by atoms with Crippen LogP contribution in [0, 0.1) is 19.8 Å². The molecular formula is C22H28N2O3. The predicted molar refractivity (Wildman–Crippen MR) is 105 cm³/mol. The van der Waals surface area contributed by atoms with Crippen molar-refractivity contribution in [1.29, 1.82) is 0 Å². The summed E-state index contributed by atoms with van der Waals surface area (Å²) in [5, 5.41) is 0. The third-order valence-electron chi connectivity index (χ3n) is 5.31. The van der Waals surface area contributed by atoms with Crippen LogP contribution in [0.4, 0.5) is 0 Å². The average molecular weight is 368 g/mol. The summed E-state index contributed by atoms with van der Waals surface area (Å²) in [5.74, 6) is -0.0240. The fourth-order valence-electron chi connectivity index (χ4n) is 3.73. The van der Waals surface area contributed by atoms with Crippen molar-refractivity contribution in [3.05, 3.63) is 58.9 Å². The van der Waals surface area contributed by atoms with Gasteiger partial charge in [0.15, 0.2) is 6.61 Å². The van der Waals surface area contributed by atoms with Gasteiger partial charge in [-0.15, -0.1) is 0 Å². The Morgan fingerprint density at radius 2 is 1.93 bits per heavy atom. The lowest BCUT2D eigenvalue weighted by Crippen LogP contribution is -2.41. The largest absolute Gasteiger partial charge is 0.452 e. The summed E-state index contributed by atoms with van der Waals surface area (Å²) < 4.78 is 7.43. The predicted octanol–water partition coefficient (Wildman–Crippen LogP) is 3.57. The molecule has 3 rings (SSSR count). The minimum Gasteiger partial charge on any atom is -0.452 e. The van der Waals surface area contributed by atoms with Gasteiger partial charge in [-0.05, 0) is 44.2 Å². The number of aromatic nitrogens is 1. The monoisotopic (exact) mass is 368 g/mol. The molecule has 1 aromatic carbocycles. The first-order chi connectivity index (χ1) is 13.0. The summed E-state index contributed by atoms with van der Waals surface area (Å²) in [7, 11) is 0. The van der Waals surface area contributed by atoms with Crippen LogP contribution >= 0.6 is 0 Å². The summed E-state index contributed by atoms with van der Waals surface area (Å²) in [4.78, 5) is 26.7. The summed E-state index contributed by atoms with van der Waals surface area (Å²) in [5.41, 5.74) is 3.57. The van der Waals surface area contributed by atoms with Crippen molar-refractivity contribution in [2.24, 2.45) is 5.92 Å². The van der Waals surface area contributed by atoms with Crippen LogP contribution < -0.4 is 0 Å². The van der Waals surface area contributed by atoms with Gasteiger partial charge in [0.1, 0.15) is 0 Å². The Kier molecular flexibility index (Phi) is 5.99. The van der Waals surface area contributed by atoms with Gasteiger partial charge in [0, 0.05) is 31.0 Å². The van der Waals surface area contributed by atoms with Crippen LogP contribution in [0.1, 0.15) is 47.1 Å². The van der Waals surface area contributed by atoms with E-state index in [9.17, 15) is 9.59 Å². The normalized spacial score (nSPS) is 17.0. The number of hydrogen-bond donors (Lipinski definition) is 0. The average Bonchev–Trinajstić information content (AvgIpc) is 2.95. The third kappa shape index (κ3) is 4.59. The van der Waals surface area contributed by atoms with Crippen molar-refractivity contribution >= 4 is 11.9 Å². The topological polar surface area (TPSA) is 51.5 Å². The Bertz CT molecular complexity index is 810. The summed E-state index contributed by atoms with van der Waals surface area (Å²) in [6, 6.07) is 12.0. The molecule has 2 heterocycles. The molecular weight excluding hydrogens is 340 g/mol. The quantitative estimate of drug-likeness (QED) is 0.758. The molecule has 5 nitrogen and oxygen atoms in total. The molecule has 0 saturated carbocycles. The lowest BCUT2D eigenvalue weighted by Gasteiger charge is -2.30. The Hall–Kier alpha value is -2.56. The van der Waals surface area contributed by atoms with E-state index in [0.717, 1.165) is 37.3 Å². The van der Waals surface area contributed by atoms with E-state index in [1.807, 2.05) is 38.1 Å². The van der Waals surface area contributed by atoms with E-state index in [0.29, 0.717) is 18.0 Å². The molecule has 1 fully saturated rings. The number of amides is 1. The molecule has 1 atom stereocenters. The number of piperidine rings is 1. The number of carbonyl (C=O) groups is 2. The van der Waals surface area contributed by atoms with Crippen molar-refractivity contribution in [1.82, 2.24) is 9.47 Å². The highest BCUT2D eigenvalue weighted by Crippen LogP contribution is 2.19. The third-order valence-corrected chi connectivity index (χ3v) is 5.31. The van der Waals surface area contributed by atoms with Gasteiger partial charge in [0.25, 0.3) is 5.91 Å². The number of benzene rings is 1. The van der Waals surface area contributed by atoms with Crippen molar-refractivity contribution < 1.29 is 14.3 Å². The number of carbonyl (C=O) groups excluding carboxylic acids is 2. The zero-order valence-corrected chi connectivity index (χ0v) is 16.4. The van der Waals surface area contributed by atoms with Crippen molar-refractivity contribution in [3.8, 4) is 0 Å². The number of likely N-dealkylation sites (tertiary alicyclic amines) is 1. The SMILES string of the molecule is Cc1cc(C(=O)OCC(=O)N2CCC[C@H](C)C2)c(C)n1Cc1ccccc1. The highest BCUT2D eigenvalue weighted by atomic mass is 16.5. The molecule has 1 saturated heterocycles. The van der Waals surface area contributed by atoms with Crippen molar-refractivity contribution in [3.63, 3.8) is 0 Å². The molecule has 0 N–H and O–H groups in total. The number of nitrogens with zero attached hydrogens (tertiary/aromatic N) is 2. The van der Waals surface area contributed by atoms with E-state index in [1.165, 1.54) is 5.56 Å². The van der Waals surface area contributed by atoms with Crippen LogP contribution in [0.15, 0.2) is 36.4 Å². The highest BCUT2D eigenvalue weighted by molar-refractivity contribution is 5.92. The summed E-state index contributed by atoms with van der Waals surface area (Å²) in [6.07, 6.45) is 2.17. The molecule has 1 aromatic heterocycles. The zero-order valence-electron chi connectivity index (χ0n) is 16.4. The van der Waals surface area contributed by atoms with E-state index in [2.05, 4.69) is 23.6 Å². The molecule has 2 aromatic rings. The fourth-order valence-corrected chi connectivity index (χ4v) is 3.73. The number of ether oxygens (including phenoxy) is 1. The highest BCUT2D eigenvalue weighted by Gasteiger charge is 2.23. The number of aryl methyl sites for hydroxylation is 1. The Morgan fingerprint density at radius 1 is 1.19 bits per heavy atom. The van der Waals surface area contributed by atoms with Crippen LogP contribution in [0.5, 0.6) is 0 Å². The molecule has 144 valence electrons. The zero-order chi connectivity index (χ0) is 19.4. The van der Waals surface area contributed by atoms with E-state index in [4.69, 9.17) is 4.74 Å².